The monoisotopic (exact) mass is 295 g/mol. The molecule has 1 unspecified atom stereocenters. The van der Waals surface area contributed by atoms with E-state index >= 15 is 0 Å². The Bertz CT molecular complexity index is 399. The van der Waals surface area contributed by atoms with E-state index < -0.39 is 0 Å². The van der Waals surface area contributed by atoms with Crippen molar-refractivity contribution >= 4 is 11.3 Å². The molecular weight excluding hydrogens is 266 g/mol. The molecule has 0 radical (unpaired) electrons. The van der Waals surface area contributed by atoms with Crippen LogP contribution in [0.25, 0.3) is 0 Å². The smallest absolute Gasteiger partial charge is 0.0954 e. The lowest BCUT2D eigenvalue weighted by molar-refractivity contribution is 0.137. The predicted molar refractivity (Wildman–Crippen MR) is 86.3 cm³/mol. The Morgan fingerprint density at radius 3 is 2.45 bits per heavy atom. The minimum Gasteiger partial charge on any atom is -0.393 e. The summed E-state index contributed by atoms with van der Waals surface area (Å²) in [7, 11) is 0. The molecule has 1 aliphatic carbocycles. The molecule has 114 valence electrons. The van der Waals surface area contributed by atoms with Gasteiger partial charge in [0.25, 0.3) is 0 Å². The molecule has 3 heteroatoms. The zero-order valence-corrected chi connectivity index (χ0v) is 14.0. The molecule has 1 aromatic rings. The zero-order valence-electron chi connectivity index (χ0n) is 13.2. The number of hydrogen-bond acceptors (Lipinski definition) is 3. The first-order valence-corrected chi connectivity index (χ1v) is 8.96. The summed E-state index contributed by atoms with van der Waals surface area (Å²) >= 11 is 1.70. The Morgan fingerprint density at radius 1 is 1.25 bits per heavy atom. The van der Waals surface area contributed by atoms with Crippen LogP contribution >= 0.6 is 11.3 Å². The molecule has 0 aliphatic heterocycles. The lowest BCUT2D eigenvalue weighted by Crippen LogP contribution is -2.17. The van der Waals surface area contributed by atoms with Gasteiger partial charge in [-0.3, -0.25) is 0 Å². The maximum atomic E-state index is 10.3. The number of rotatable bonds is 4. The minimum atomic E-state index is -0.211. The number of aromatic nitrogens is 1. The number of nitrogens with zero attached hydrogens (tertiary/aromatic N) is 1. The Balaban J connectivity index is 1.84. The van der Waals surface area contributed by atoms with Gasteiger partial charge in [-0.15, -0.1) is 11.3 Å². The Labute approximate surface area is 127 Å². The van der Waals surface area contributed by atoms with Gasteiger partial charge in [0, 0.05) is 17.2 Å². The first-order chi connectivity index (χ1) is 9.45. The van der Waals surface area contributed by atoms with Gasteiger partial charge in [0.15, 0.2) is 0 Å². The number of aliphatic hydroxyl groups excluding tert-OH is 1. The van der Waals surface area contributed by atoms with Gasteiger partial charge in [-0.2, -0.15) is 0 Å². The van der Waals surface area contributed by atoms with E-state index in [4.69, 9.17) is 4.98 Å². The second-order valence-electron chi connectivity index (χ2n) is 7.33. The average Bonchev–Trinajstić information content (AvgIpc) is 2.67. The third-order valence-corrected chi connectivity index (χ3v) is 5.18. The molecule has 1 saturated carbocycles. The molecule has 0 saturated heterocycles. The molecule has 1 aliphatic rings. The Kier molecular flexibility index (Phi) is 5.62. The average molecular weight is 295 g/mol. The fourth-order valence-electron chi connectivity index (χ4n) is 3.02. The van der Waals surface area contributed by atoms with Crippen molar-refractivity contribution in [1.82, 2.24) is 4.98 Å². The maximum Gasteiger partial charge on any atom is 0.0954 e. The van der Waals surface area contributed by atoms with Gasteiger partial charge in [0.1, 0.15) is 0 Å². The van der Waals surface area contributed by atoms with Gasteiger partial charge in [0.05, 0.1) is 16.8 Å². The van der Waals surface area contributed by atoms with Crippen molar-refractivity contribution in [2.45, 2.75) is 83.7 Å². The Morgan fingerprint density at radius 2 is 1.90 bits per heavy atom. The predicted octanol–water partition coefficient (Wildman–Crippen LogP) is 4.70. The van der Waals surface area contributed by atoms with E-state index in [2.05, 4.69) is 26.2 Å². The number of hydrogen-bond donors (Lipinski definition) is 1. The van der Waals surface area contributed by atoms with Crippen LogP contribution in [0.5, 0.6) is 0 Å². The van der Waals surface area contributed by atoms with Crippen molar-refractivity contribution < 1.29 is 5.11 Å². The van der Waals surface area contributed by atoms with Crippen LogP contribution in [-0.2, 0) is 11.8 Å². The van der Waals surface area contributed by atoms with Crippen LogP contribution in [0.2, 0.25) is 0 Å². The van der Waals surface area contributed by atoms with Crippen molar-refractivity contribution in [3.05, 3.63) is 16.1 Å². The highest BCUT2D eigenvalue weighted by molar-refractivity contribution is 7.09. The van der Waals surface area contributed by atoms with Gasteiger partial charge in [-0.25, -0.2) is 4.98 Å². The first-order valence-electron chi connectivity index (χ1n) is 8.08. The van der Waals surface area contributed by atoms with E-state index in [0.717, 1.165) is 29.5 Å². The maximum absolute atomic E-state index is 10.3. The van der Waals surface area contributed by atoms with Crippen molar-refractivity contribution in [3.63, 3.8) is 0 Å². The zero-order chi connectivity index (χ0) is 14.6. The van der Waals surface area contributed by atoms with Crippen molar-refractivity contribution in [2.24, 2.45) is 5.92 Å². The van der Waals surface area contributed by atoms with Crippen molar-refractivity contribution in [1.29, 1.82) is 0 Å². The van der Waals surface area contributed by atoms with Crippen molar-refractivity contribution in [2.75, 3.05) is 0 Å². The largest absolute Gasteiger partial charge is 0.393 e. The fourth-order valence-corrected chi connectivity index (χ4v) is 4.11. The minimum absolute atomic E-state index is 0.112. The summed E-state index contributed by atoms with van der Waals surface area (Å²) in [4.78, 5) is 4.69. The summed E-state index contributed by atoms with van der Waals surface area (Å²) in [6.07, 6.45) is 9.57. The highest BCUT2D eigenvalue weighted by atomic mass is 32.1. The SMILES string of the molecule is CC(C)(C)c1csc(CC(O)CC2CCCCCC2)n1. The molecule has 0 amide bonds. The van der Waals surface area contributed by atoms with E-state index in [1.165, 1.54) is 38.5 Å². The normalized spacial score (nSPS) is 19.8. The van der Waals surface area contributed by atoms with Crippen LogP contribution in [0.4, 0.5) is 0 Å². The fraction of sp³-hybridized carbons (Fsp3) is 0.824. The third-order valence-electron chi connectivity index (χ3n) is 4.31. The highest BCUT2D eigenvalue weighted by Gasteiger charge is 2.20. The summed E-state index contributed by atoms with van der Waals surface area (Å²) in [5.74, 6) is 0.731. The second kappa shape index (κ2) is 7.04. The summed E-state index contributed by atoms with van der Waals surface area (Å²) < 4.78 is 0. The topological polar surface area (TPSA) is 33.1 Å². The van der Waals surface area contributed by atoms with E-state index in [9.17, 15) is 5.11 Å². The summed E-state index contributed by atoms with van der Waals surface area (Å²) in [6.45, 7) is 6.56. The first kappa shape index (κ1) is 16.0. The molecule has 0 bridgehead atoms. The van der Waals surface area contributed by atoms with Gasteiger partial charge < -0.3 is 5.11 Å². The van der Waals surface area contributed by atoms with Gasteiger partial charge in [-0.05, 0) is 12.3 Å². The summed E-state index contributed by atoms with van der Waals surface area (Å²) in [6, 6.07) is 0. The molecule has 20 heavy (non-hydrogen) atoms. The molecule has 1 atom stereocenters. The van der Waals surface area contributed by atoms with E-state index in [1.54, 1.807) is 11.3 Å². The molecule has 1 N–H and O–H groups in total. The van der Waals surface area contributed by atoms with E-state index in [-0.39, 0.29) is 11.5 Å². The number of thiazole rings is 1. The summed E-state index contributed by atoms with van der Waals surface area (Å²) in [5.41, 5.74) is 1.26. The molecule has 1 heterocycles. The van der Waals surface area contributed by atoms with Crippen LogP contribution in [0, 0.1) is 5.92 Å². The molecule has 0 aromatic carbocycles. The second-order valence-corrected chi connectivity index (χ2v) is 8.27. The number of aliphatic hydroxyl groups is 1. The molecular formula is C17H29NOS. The lowest BCUT2D eigenvalue weighted by Gasteiger charge is -2.18. The molecule has 2 nitrogen and oxygen atoms in total. The standard InChI is InChI=1S/C17H29NOS/c1-17(2,3)15-12-20-16(18-15)11-14(19)10-13-8-6-4-5-7-9-13/h12-14,19H,4-11H2,1-3H3. The van der Waals surface area contributed by atoms with Gasteiger partial charge in [-0.1, -0.05) is 59.3 Å². The Hall–Kier alpha value is -0.410. The van der Waals surface area contributed by atoms with Crippen LogP contribution in [0.3, 0.4) is 0 Å². The van der Waals surface area contributed by atoms with Gasteiger partial charge >= 0.3 is 0 Å². The van der Waals surface area contributed by atoms with E-state index in [1.807, 2.05) is 0 Å². The third kappa shape index (κ3) is 4.85. The lowest BCUT2D eigenvalue weighted by atomic mass is 9.92. The molecule has 1 aromatic heterocycles. The summed E-state index contributed by atoms with van der Waals surface area (Å²) in [5, 5.41) is 13.6. The quantitative estimate of drug-likeness (QED) is 0.816. The van der Waals surface area contributed by atoms with Crippen LogP contribution < -0.4 is 0 Å². The van der Waals surface area contributed by atoms with Crippen LogP contribution in [0.1, 0.15) is 76.4 Å². The van der Waals surface area contributed by atoms with Crippen LogP contribution in [-0.4, -0.2) is 16.2 Å². The molecule has 2 rings (SSSR count). The highest BCUT2D eigenvalue weighted by Crippen LogP contribution is 2.28. The van der Waals surface area contributed by atoms with Crippen molar-refractivity contribution in [3.8, 4) is 0 Å². The molecule has 0 spiro atoms. The van der Waals surface area contributed by atoms with E-state index in [0.29, 0.717) is 0 Å². The molecule has 1 fully saturated rings. The van der Waals surface area contributed by atoms with Crippen LogP contribution in [0.15, 0.2) is 5.38 Å². The van der Waals surface area contributed by atoms with Gasteiger partial charge in [0.2, 0.25) is 0 Å².